The molecule has 1 saturated heterocycles. The highest BCUT2D eigenvalue weighted by Crippen LogP contribution is 2.24. The lowest BCUT2D eigenvalue weighted by atomic mass is 9.96. The summed E-state index contributed by atoms with van der Waals surface area (Å²) in [6.45, 7) is 3.07. The Morgan fingerprint density at radius 1 is 1.28 bits per heavy atom. The zero-order valence-corrected chi connectivity index (χ0v) is 14.6. The minimum atomic E-state index is 0.0837. The first-order valence-corrected chi connectivity index (χ1v) is 8.81. The maximum atomic E-state index is 11.9. The van der Waals surface area contributed by atoms with Gasteiger partial charge in [-0.2, -0.15) is 0 Å². The molecule has 2 aromatic rings. The number of carbonyl (C=O) groups excluding carboxylic acids is 1. The molecule has 1 aliphatic rings. The summed E-state index contributed by atoms with van der Waals surface area (Å²) in [7, 11) is 1.71. The number of ether oxygens (including phenoxy) is 1. The van der Waals surface area contributed by atoms with Crippen LogP contribution >= 0.6 is 0 Å². The van der Waals surface area contributed by atoms with Crippen LogP contribution in [0.2, 0.25) is 0 Å². The predicted octanol–water partition coefficient (Wildman–Crippen LogP) is 2.62. The molecule has 0 saturated carbocycles. The summed E-state index contributed by atoms with van der Waals surface area (Å²) in [4.78, 5) is 18.6. The van der Waals surface area contributed by atoms with Crippen molar-refractivity contribution in [2.45, 2.75) is 26.0 Å². The molecule has 0 spiro atoms. The number of hydrogen-bond donors (Lipinski definition) is 1. The van der Waals surface area contributed by atoms with Gasteiger partial charge in [-0.15, -0.1) is 0 Å². The van der Waals surface area contributed by atoms with Crippen LogP contribution in [0.25, 0.3) is 0 Å². The zero-order chi connectivity index (χ0) is 17.5. The van der Waals surface area contributed by atoms with E-state index in [0.717, 1.165) is 49.5 Å². The van der Waals surface area contributed by atoms with Crippen LogP contribution < -0.4 is 10.1 Å². The molecule has 132 valence electrons. The maximum absolute atomic E-state index is 11.9. The predicted molar refractivity (Wildman–Crippen MR) is 97.1 cm³/mol. The number of amides is 1. The van der Waals surface area contributed by atoms with Crippen LogP contribution in [0.15, 0.2) is 48.7 Å². The number of likely N-dealkylation sites (tertiary alicyclic amines) is 1. The van der Waals surface area contributed by atoms with Crippen LogP contribution in [0.3, 0.4) is 0 Å². The van der Waals surface area contributed by atoms with Crippen molar-refractivity contribution >= 4 is 5.91 Å². The Labute approximate surface area is 149 Å². The minimum Gasteiger partial charge on any atom is -0.487 e. The largest absolute Gasteiger partial charge is 0.487 e. The number of nitrogens with zero attached hydrogens (tertiary/aromatic N) is 2. The van der Waals surface area contributed by atoms with Crippen molar-refractivity contribution in [2.75, 3.05) is 20.1 Å². The first-order valence-electron chi connectivity index (χ1n) is 8.81. The number of hydrogen-bond acceptors (Lipinski definition) is 4. The van der Waals surface area contributed by atoms with Crippen molar-refractivity contribution in [3.63, 3.8) is 0 Å². The van der Waals surface area contributed by atoms with E-state index in [-0.39, 0.29) is 11.8 Å². The second kappa shape index (κ2) is 8.62. The van der Waals surface area contributed by atoms with E-state index in [9.17, 15) is 4.79 Å². The molecule has 0 bridgehead atoms. The third kappa shape index (κ3) is 4.79. The van der Waals surface area contributed by atoms with Crippen LogP contribution in [0.5, 0.6) is 5.75 Å². The minimum absolute atomic E-state index is 0.0837. The molecule has 1 N–H and O–H groups in total. The highest BCUT2D eigenvalue weighted by atomic mass is 16.5. The van der Waals surface area contributed by atoms with E-state index >= 15 is 0 Å². The Kier molecular flexibility index (Phi) is 6.01. The van der Waals surface area contributed by atoms with Crippen molar-refractivity contribution in [1.82, 2.24) is 15.2 Å². The first kappa shape index (κ1) is 17.4. The molecule has 1 aliphatic heterocycles. The number of aromatic nitrogens is 1. The van der Waals surface area contributed by atoms with Gasteiger partial charge in [-0.1, -0.05) is 24.3 Å². The first-order chi connectivity index (χ1) is 12.3. The van der Waals surface area contributed by atoms with E-state index in [0.29, 0.717) is 6.61 Å². The Morgan fingerprint density at radius 3 is 2.92 bits per heavy atom. The van der Waals surface area contributed by atoms with Gasteiger partial charge in [-0.05, 0) is 37.6 Å². The summed E-state index contributed by atoms with van der Waals surface area (Å²) < 4.78 is 5.99. The molecule has 1 aromatic carbocycles. The summed E-state index contributed by atoms with van der Waals surface area (Å²) in [5.74, 6) is 1.11. The normalized spacial score (nSPS) is 17.9. The SMILES string of the molecule is CNC(=O)C1CCCN(Cc2ccccc2OCc2ccccn2)C1. The number of para-hydroxylation sites is 1. The van der Waals surface area contributed by atoms with Gasteiger partial charge < -0.3 is 10.1 Å². The van der Waals surface area contributed by atoms with Crippen molar-refractivity contribution in [1.29, 1.82) is 0 Å². The fraction of sp³-hybridized carbons (Fsp3) is 0.400. The van der Waals surface area contributed by atoms with Crippen LogP contribution in [0.4, 0.5) is 0 Å². The van der Waals surface area contributed by atoms with E-state index in [2.05, 4.69) is 21.3 Å². The summed E-state index contributed by atoms with van der Waals surface area (Å²) in [6.07, 6.45) is 3.79. The number of benzene rings is 1. The molecule has 1 fully saturated rings. The lowest BCUT2D eigenvalue weighted by Gasteiger charge is -2.32. The van der Waals surface area contributed by atoms with Gasteiger partial charge in [0.05, 0.1) is 11.6 Å². The van der Waals surface area contributed by atoms with E-state index in [1.165, 1.54) is 0 Å². The second-order valence-corrected chi connectivity index (χ2v) is 6.41. The summed E-state index contributed by atoms with van der Waals surface area (Å²) >= 11 is 0. The molecule has 2 heterocycles. The molecular formula is C20H25N3O2. The van der Waals surface area contributed by atoms with Crippen LogP contribution in [-0.4, -0.2) is 35.9 Å². The summed E-state index contributed by atoms with van der Waals surface area (Å²) in [5, 5.41) is 2.77. The quantitative estimate of drug-likeness (QED) is 0.879. The van der Waals surface area contributed by atoms with Crippen molar-refractivity contribution in [2.24, 2.45) is 5.92 Å². The molecule has 1 aromatic heterocycles. The topological polar surface area (TPSA) is 54.5 Å². The Bertz CT molecular complexity index is 690. The molecule has 0 radical (unpaired) electrons. The number of rotatable bonds is 6. The highest BCUT2D eigenvalue weighted by Gasteiger charge is 2.25. The van der Waals surface area contributed by atoms with Gasteiger partial charge in [-0.3, -0.25) is 14.7 Å². The van der Waals surface area contributed by atoms with Crippen molar-refractivity contribution < 1.29 is 9.53 Å². The monoisotopic (exact) mass is 339 g/mol. The van der Waals surface area contributed by atoms with Crippen molar-refractivity contribution in [3.05, 3.63) is 59.9 Å². The lowest BCUT2D eigenvalue weighted by Crippen LogP contribution is -2.41. The van der Waals surface area contributed by atoms with Gasteiger partial charge in [-0.25, -0.2) is 0 Å². The third-order valence-electron chi connectivity index (χ3n) is 4.59. The van der Waals surface area contributed by atoms with Crippen LogP contribution in [0, 0.1) is 5.92 Å². The molecule has 1 atom stereocenters. The number of carbonyl (C=O) groups is 1. The third-order valence-corrected chi connectivity index (χ3v) is 4.59. The van der Waals surface area contributed by atoms with Crippen LogP contribution in [-0.2, 0) is 17.9 Å². The maximum Gasteiger partial charge on any atom is 0.224 e. The molecule has 25 heavy (non-hydrogen) atoms. The van der Waals surface area contributed by atoms with Gasteiger partial charge in [0.2, 0.25) is 5.91 Å². The number of piperidine rings is 1. The molecule has 0 aliphatic carbocycles. The van der Waals surface area contributed by atoms with E-state index < -0.39 is 0 Å². The smallest absolute Gasteiger partial charge is 0.224 e. The molecular weight excluding hydrogens is 314 g/mol. The van der Waals surface area contributed by atoms with Crippen LogP contribution in [0.1, 0.15) is 24.1 Å². The molecule has 1 unspecified atom stereocenters. The lowest BCUT2D eigenvalue weighted by molar-refractivity contribution is -0.126. The summed E-state index contributed by atoms with van der Waals surface area (Å²) in [5.41, 5.74) is 2.06. The van der Waals surface area contributed by atoms with Crippen molar-refractivity contribution in [3.8, 4) is 5.75 Å². The van der Waals surface area contributed by atoms with Gasteiger partial charge in [0.25, 0.3) is 0 Å². The highest BCUT2D eigenvalue weighted by molar-refractivity contribution is 5.78. The Balaban J connectivity index is 1.63. The Morgan fingerprint density at radius 2 is 2.12 bits per heavy atom. The molecule has 5 heteroatoms. The second-order valence-electron chi connectivity index (χ2n) is 6.41. The summed E-state index contributed by atoms with van der Waals surface area (Å²) in [6, 6.07) is 13.9. The standard InChI is InChI=1S/C20H25N3O2/c1-21-20(24)17-8-6-12-23(14-17)13-16-7-2-3-10-19(16)25-15-18-9-4-5-11-22-18/h2-5,7,9-11,17H,6,8,12-15H2,1H3,(H,21,24). The number of nitrogens with one attached hydrogen (secondary N) is 1. The van der Waals surface area contributed by atoms with Gasteiger partial charge in [0.15, 0.2) is 0 Å². The van der Waals surface area contributed by atoms with E-state index in [1.807, 2.05) is 36.4 Å². The average molecular weight is 339 g/mol. The van der Waals surface area contributed by atoms with Gasteiger partial charge in [0, 0.05) is 31.9 Å². The van der Waals surface area contributed by atoms with Gasteiger partial charge in [0.1, 0.15) is 12.4 Å². The molecule has 5 nitrogen and oxygen atoms in total. The van der Waals surface area contributed by atoms with E-state index in [4.69, 9.17) is 4.74 Å². The fourth-order valence-electron chi connectivity index (χ4n) is 3.27. The Hall–Kier alpha value is -2.40. The molecule has 1 amide bonds. The van der Waals surface area contributed by atoms with E-state index in [1.54, 1.807) is 13.2 Å². The average Bonchev–Trinajstić information content (AvgIpc) is 2.68. The number of pyridine rings is 1. The zero-order valence-electron chi connectivity index (χ0n) is 14.6. The molecule has 3 rings (SSSR count). The van der Waals surface area contributed by atoms with Gasteiger partial charge >= 0.3 is 0 Å². The fourth-order valence-corrected chi connectivity index (χ4v) is 3.27.